The molecule has 0 aliphatic heterocycles. The first kappa shape index (κ1) is 15.0. The fourth-order valence-corrected chi connectivity index (χ4v) is 2.32. The Kier molecular flexibility index (Phi) is 5.58. The maximum absolute atomic E-state index is 9.68. The van der Waals surface area contributed by atoms with Crippen molar-refractivity contribution in [2.24, 2.45) is 5.92 Å². The van der Waals surface area contributed by atoms with Crippen molar-refractivity contribution >= 4 is 0 Å². The zero-order valence-corrected chi connectivity index (χ0v) is 12.3. The topological polar surface area (TPSA) is 45.0 Å². The van der Waals surface area contributed by atoms with Crippen LogP contribution in [0.25, 0.3) is 0 Å². The highest BCUT2D eigenvalue weighted by Gasteiger charge is 2.32. The molecule has 0 amide bonds. The van der Waals surface area contributed by atoms with Gasteiger partial charge in [-0.15, -0.1) is 0 Å². The van der Waals surface area contributed by atoms with Crippen molar-refractivity contribution in [3.05, 3.63) is 35.9 Å². The summed E-state index contributed by atoms with van der Waals surface area (Å²) in [6.07, 6.45) is 4.82. The van der Waals surface area contributed by atoms with Crippen molar-refractivity contribution < 1.29 is 4.74 Å². The van der Waals surface area contributed by atoms with Crippen molar-refractivity contribution in [3.63, 3.8) is 0 Å². The molecule has 1 aliphatic rings. The highest BCUT2D eigenvalue weighted by molar-refractivity contribution is 5.31. The summed E-state index contributed by atoms with van der Waals surface area (Å²) in [7, 11) is 0. The van der Waals surface area contributed by atoms with Crippen LogP contribution < -0.4 is 5.32 Å². The Bertz CT molecular complexity index is 436. The summed E-state index contributed by atoms with van der Waals surface area (Å²) in [4.78, 5) is 0. The number of nitriles is 1. The highest BCUT2D eigenvalue weighted by Crippen LogP contribution is 2.32. The molecule has 1 saturated carbocycles. The van der Waals surface area contributed by atoms with Crippen LogP contribution in [0.2, 0.25) is 0 Å². The summed E-state index contributed by atoms with van der Waals surface area (Å²) in [5.41, 5.74) is 0.267. The second-order valence-corrected chi connectivity index (χ2v) is 5.59. The number of ether oxygens (including phenoxy) is 1. The Morgan fingerprint density at radius 2 is 2.10 bits per heavy atom. The predicted octanol–water partition coefficient (Wildman–Crippen LogP) is 3.22. The molecule has 20 heavy (non-hydrogen) atoms. The van der Waals surface area contributed by atoms with Gasteiger partial charge in [-0.1, -0.05) is 50.1 Å². The van der Waals surface area contributed by atoms with Crippen LogP contribution in [0.3, 0.4) is 0 Å². The van der Waals surface area contributed by atoms with E-state index in [0.717, 1.165) is 37.5 Å². The van der Waals surface area contributed by atoms with E-state index in [9.17, 15) is 5.26 Å². The number of benzene rings is 1. The van der Waals surface area contributed by atoms with Crippen molar-refractivity contribution in [2.75, 3.05) is 19.8 Å². The smallest absolute Gasteiger partial charge is 0.155 e. The Labute approximate surface area is 121 Å². The summed E-state index contributed by atoms with van der Waals surface area (Å²) >= 11 is 0. The van der Waals surface area contributed by atoms with Crippen LogP contribution in [0.5, 0.6) is 0 Å². The molecule has 0 spiro atoms. The maximum Gasteiger partial charge on any atom is 0.155 e. The molecule has 0 aromatic heterocycles. The largest absolute Gasteiger partial charge is 0.378 e. The van der Waals surface area contributed by atoms with Crippen molar-refractivity contribution in [3.8, 4) is 6.07 Å². The lowest BCUT2D eigenvalue weighted by Crippen LogP contribution is -2.45. The van der Waals surface area contributed by atoms with Gasteiger partial charge in [0, 0.05) is 6.61 Å². The lowest BCUT2D eigenvalue weighted by molar-refractivity contribution is 0.0843. The van der Waals surface area contributed by atoms with E-state index in [4.69, 9.17) is 4.74 Å². The lowest BCUT2D eigenvalue weighted by atomic mass is 9.92. The van der Waals surface area contributed by atoms with Gasteiger partial charge in [-0.05, 0) is 30.9 Å². The van der Waals surface area contributed by atoms with E-state index in [2.05, 4.69) is 18.3 Å². The Morgan fingerprint density at radius 3 is 2.70 bits per heavy atom. The molecular formula is C17H24N2O. The fraction of sp³-hybridized carbons (Fsp3) is 0.588. The third-order valence-corrected chi connectivity index (χ3v) is 3.82. The molecule has 1 aromatic carbocycles. The van der Waals surface area contributed by atoms with E-state index < -0.39 is 5.54 Å². The van der Waals surface area contributed by atoms with Crippen molar-refractivity contribution in [1.82, 2.24) is 5.32 Å². The van der Waals surface area contributed by atoms with Gasteiger partial charge in [-0.25, -0.2) is 0 Å². The second-order valence-electron chi connectivity index (χ2n) is 5.59. The molecule has 3 nitrogen and oxygen atoms in total. The average molecular weight is 272 g/mol. The van der Waals surface area contributed by atoms with Crippen molar-refractivity contribution in [2.45, 2.75) is 38.1 Å². The molecule has 0 saturated heterocycles. The SMILES string of the molecule is CCCNC(C#N)(COCCC1CC1)c1ccccc1. The predicted molar refractivity (Wildman–Crippen MR) is 80.2 cm³/mol. The Morgan fingerprint density at radius 1 is 1.35 bits per heavy atom. The molecule has 1 atom stereocenters. The van der Waals surface area contributed by atoms with E-state index in [1.807, 2.05) is 30.3 Å². The first-order valence-corrected chi connectivity index (χ1v) is 7.60. The zero-order valence-electron chi connectivity index (χ0n) is 12.3. The molecule has 0 heterocycles. The van der Waals surface area contributed by atoms with Gasteiger partial charge in [0.25, 0.3) is 0 Å². The highest BCUT2D eigenvalue weighted by atomic mass is 16.5. The minimum Gasteiger partial charge on any atom is -0.378 e. The molecule has 1 N–H and O–H groups in total. The molecule has 3 heteroatoms. The number of rotatable bonds is 9. The first-order chi connectivity index (χ1) is 9.80. The standard InChI is InChI=1S/C17H24N2O/c1-2-11-19-17(13-18,16-6-4-3-5-7-16)14-20-12-10-15-8-9-15/h3-7,15,19H,2,8-12,14H2,1H3. The van der Waals surface area contributed by atoms with Gasteiger partial charge >= 0.3 is 0 Å². The van der Waals surface area contributed by atoms with Crippen LogP contribution in [0.4, 0.5) is 0 Å². The van der Waals surface area contributed by atoms with E-state index in [-0.39, 0.29) is 0 Å². The average Bonchev–Trinajstić information content (AvgIpc) is 3.32. The molecule has 2 rings (SSSR count). The van der Waals surface area contributed by atoms with E-state index in [1.165, 1.54) is 12.8 Å². The molecular weight excluding hydrogens is 248 g/mol. The molecule has 0 bridgehead atoms. The molecule has 108 valence electrons. The molecule has 1 unspecified atom stereocenters. The maximum atomic E-state index is 9.68. The quantitative estimate of drug-likeness (QED) is 0.702. The number of nitrogens with zero attached hydrogens (tertiary/aromatic N) is 1. The summed E-state index contributed by atoms with van der Waals surface area (Å²) in [5.74, 6) is 0.867. The molecule has 1 aromatic rings. The summed E-state index contributed by atoms with van der Waals surface area (Å²) in [6, 6.07) is 12.3. The van der Waals surface area contributed by atoms with Gasteiger partial charge in [0.1, 0.15) is 0 Å². The van der Waals surface area contributed by atoms with Crippen LogP contribution in [-0.4, -0.2) is 19.8 Å². The van der Waals surface area contributed by atoms with Gasteiger partial charge in [0.05, 0.1) is 12.7 Å². The van der Waals surface area contributed by atoms with Gasteiger partial charge in [-0.2, -0.15) is 5.26 Å². The van der Waals surface area contributed by atoms with Gasteiger partial charge in [0.15, 0.2) is 5.54 Å². The van der Waals surface area contributed by atoms with Crippen LogP contribution in [0.15, 0.2) is 30.3 Å². The van der Waals surface area contributed by atoms with Gasteiger partial charge < -0.3 is 4.74 Å². The van der Waals surface area contributed by atoms with Crippen molar-refractivity contribution in [1.29, 1.82) is 5.26 Å². The zero-order chi connectivity index (χ0) is 14.3. The molecule has 1 aliphatic carbocycles. The third-order valence-electron chi connectivity index (χ3n) is 3.82. The van der Waals surface area contributed by atoms with Crippen LogP contribution in [-0.2, 0) is 10.3 Å². The Hall–Kier alpha value is -1.37. The minimum atomic E-state index is -0.721. The normalized spacial score (nSPS) is 17.4. The number of nitrogens with one attached hydrogen (secondary N) is 1. The van der Waals surface area contributed by atoms with Gasteiger partial charge in [0.2, 0.25) is 0 Å². The van der Waals surface area contributed by atoms with E-state index in [0.29, 0.717) is 6.61 Å². The fourth-order valence-electron chi connectivity index (χ4n) is 2.32. The summed E-state index contributed by atoms with van der Waals surface area (Å²) < 4.78 is 5.81. The monoisotopic (exact) mass is 272 g/mol. The third kappa shape index (κ3) is 4.06. The summed E-state index contributed by atoms with van der Waals surface area (Å²) in [6.45, 7) is 4.09. The molecule has 0 radical (unpaired) electrons. The summed E-state index contributed by atoms with van der Waals surface area (Å²) in [5, 5.41) is 13.1. The first-order valence-electron chi connectivity index (χ1n) is 7.60. The Balaban J connectivity index is 1.99. The van der Waals surface area contributed by atoms with E-state index >= 15 is 0 Å². The number of hydrogen-bond acceptors (Lipinski definition) is 3. The lowest BCUT2D eigenvalue weighted by Gasteiger charge is -2.28. The van der Waals surface area contributed by atoms with Gasteiger partial charge in [-0.3, -0.25) is 5.32 Å². The number of hydrogen-bond donors (Lipinski definition) is 1. The molecule has 1 fully saturated rings. The van der Waals surface area contributed by atoms with E-state index in [1.54, 1.807) is 0 Å². The van der Waals surface area contributed by atoms with Crippen LogP contribution in [0, 0.1) is 17.2 Å². The second kappa shape index (κ2) is 7.42. The minimum absolute atomic E-state index is 0.417. The van der Waals surface area contributed by atoms with Crippen LogP contribution in [0.1, 0.15) is 38.2 Å². The van der Waals surface area contributed by atoms with Crippen LogP contribution >= 0.6 is 0 Å².